The molecule has 0 bridgehead atoms. The number of ether oxygens (including phenoxy) is 1. The topological polar surface area (TPSA) is 106 Å². The number of hydrogen-bond acceptors (Lipinski definition) is 8. The minimum Gasteiger partial charge on any atom is -0.375 e. The molecule has 2 aromatic heterocycles. The largest absolute Gasteiger partial charge is 0.375 e. The van der Waals surface area contributed by atoms with Crippen molar-refractivity contribution >= 4 is 17.5 Å². The van der Waals surface area contributed by atoms with E-state index in [1.165, 1.54) is 26.6 Å². The second-order valence-electron chi connectivity index (χ2n) is 6.49. The molecule has 2 heterocycles. The molecule has 0 saturated heterocycles. The minimum atomic E-state index is -0.528. The fourth-order valence-electron chi connectivity index (χ4n) is 3.06. The molecule has 150 valence electrons. The molecular formula is C20H21N5O4. The monoisotopic (exact) mass is 395 g/mol. The molecule has 1 aliphatic carbocycles. The number of aromatic nitrogens is 3. The highest BCUT2D eigenvalue weighted by atomic mass is 16.5. The minimum absolute atomic E-state index is 0.0199. The van der Waals surface area contributed by atoms with Crippen molar-refractivity contribution in [1.29, 1.82) is 0 Å². The third kappa shape index (κ3) is 4.04. The lowest BCUT2D eigenvalue weighted by Crippen LogP contribution is -2.42. The van der Waals surface area contributed by atoms with Crippen LogP contribution in [0.5, 0.6) is 0 Å². The Hall–Kier alpha value is -3.46. The Morgan fingerprint density at radius 1 is 0.966 bits per heavy atom. The summed E-state index contributed by atoms with van der Waals surface area (Å²) in [4.78, 5) is 53.8. The summed E-state index contributed by atoms with van der Waals surface area (Å²) >= 11 is 0. The summed E-state index contributed by atoms with van der Waals surface area (Å²) in [5.41, 5.74) is 0.833. The van der Waals surface area contributed by atoms with Gasteiger partial charge in [-0.1, -0.05) is 6.07 Å². The molecule has 0 saturated carbocycles. The van der Waals surface area contributed by atoms with E-state index in [9.17, 15) is 14.4 Å². The van der Waals surface area contributed by atoms with Crippen LogP contribution >= 0.6 is 0 Å². The van der Waals surface area contributed by atoms with Gasteiger partial charge in [0.15, 0.2) is 0 Å². The van der Waals surface area contributed by atoms with Crippen LogP contribution in [0.15, 0.2) is 48.2 Å². The van der Waals surface area contributed by atoms with Crippen LogP contribution in [0.2, 0.25) is 0 Å². The van der Waals surface area contributed by atoms with Crippen LogP contribution in [0.1, 0.15) is 26.7 Å². The van der Waals surface area contributed by atoms with Crippen molar-refractivity contribution in [3.05, 3.63) is 65.3 Å². The van der Waals surface area contributed by atoms with Crippen LogP contribution in [0.25, 0.3) is 0 Å². The van der Waals surface area contributed by atoms with Crippen LogP contribution in [0, 0.1) is 0 Å². The third-order valence-electron chi connectivity index (χ3n) is 4.57. The molecule has 9 heteroatoms. The number of likely N-dealkylation sites (N-methyl/N-ethyl adjacent to an activating group) is 2. The predicted molar refractivity (Wildman–Crippen MR) is 103 cm³/mol. The Kier molecular flexibility index (Phi) is 6.08. The summed E-state index contributed by atoms with van der Waals surface area (Å²) in [7, 11) is 4.52. The molecule has 29 heavy (non-hydrogen) atoms. The molecule has 1 amide bonds. The molecule has 0 atom stereocenters. The summed E-state index contributed by atoms with van der Waals surface area (Å²) in [6.07, 6.45) is 4.95. The molecule has 0 aliphatic heterocycles. The van der Waals surface area contributed by atoms with Gasteiger partial charge >= 0.3 is 0 Å². The Morgan fingerprint density at radius 3 is 2.21 bits per heavy atom. The number of amides is 1. The van der Waals surface area contributed by atoms with Gasteiger partial charge in [0.2, 0.25) is 11.6 Å². The molecule has 0 radical (unpaired) electrons. The zero-order valence-corrected chi connectivity index (χ0v) is 16.5. The van der Waals surface area contributed by atoms with Crippen molar-refractivity contribution in [2.45, 2.75) is 6.42 Å². The lowest BCUT2D eigenvalue weighted by Gasteiger charge is -2.31. The van der Waals surface area contributed by atoms with Gasteiger partial charge in [-0.2, -0.15) is 0 Å². The van der Waals surface area contributed by atoms with Crippen molar-refractivity contribution < 1.29 is 19.1 Å². The van der Waals surface area contributed by atoms with Gasteiger partial charge in [-0.3, -0.25) is 19.4 Å². The van der Waals surface area contributed by atoms with Crippen LogP contribution in [-0.2, 0) is 16.0 Å². The van der Waals surface area contributed by atoms with Gasteiger partial charge in [0.25, 0.3) is 5.91 Å². The van der Waals surface area contributed by atoms with Gasteiger partial charge in [0, 0.05) is 58.5 Å². The first-order valence-electron chi connectivity index (χ1n) is 8.97. The summed E-state index contributed by atoms with van der Waals surface area (Å²) in [6, 6.07) is 5.58. The van der Waals surface area contributed by atoms with E-state index in [-0.39, 0.29) is 29.4 Å². The Morgan fingerprint density at radius 2 is 1.62 bits per heavy atom. The van der Waals surface area contributed by atoms with Crippen LogP contribution in [-0.4, -0.2) is 76.6 Å². The molecule has 9 nitrogen and oxygen atoms in total. The number of pyridine rings is 1. The predicted octanol–water partition coefficient (Wildman–Crippen LogP) is 0.741. The second-order valence-corrected chi connectivity index (χ2v) is 6.49. The third-order valence-corrected chi connectivity index (χ3v) is 4.57. The lowest BCUT2D eigenvalue weighted by atomic mass is 9.96. The summed E-state index contributed by atoms with van der Waals surface area (Å²) < 4.78 is 4.89. The fraction of sp³-hybridized carbons (Fsp3) is 0.300. The van der Waals surface area contributed by atoms with E-state index in [2.05, 4.69) is 15.0 Å². The molecule has 0 spiro atoms. The number of carbonyl (C=O) groups is 3. The zero-order valence-electron chi connectivity index (χ0n) is 16.5. The number of hydrogen-bond donors (Lipinski definition) is 0. The maximum atomic E-state index is 13.2. The van der Waals surface area contributed by atoms with Crippen molar-refractivity contribution in [1.82, 2.24) is 24.8 Å². The molecule has 0 N–H and O–H groups in total. The summed E-state index contributed by atoms with van der Waals surface area (Å²) in [5, 5.41) is 0. The molecule has 0 aromatic carbocycles. The van der Waals surface area contributed by atoms with Gasteiger partial charge in [-0.15, -0.1) is 0 Å². The fourth-order valence-corrected chi connectivity index (χ4v) is 3.06. The van der Waals surface area contributed by atoms with E-state index in [4.69, 9.17) is 4.74 Å². The van der Waals surface area contributed by atoms with Crippen LogP contribution in [0.3, 0.4) is 0 Å². The first-order chi connectivity index (χ1) is 14.0. The number of rotatable bonds is 7. The van der Waals surface area contributed by atoms with E-state index in [0.717, 1.165) is 10.6 Å². The van der Waals surface area contributed by atoms with Crippen molar-refractivity contribution in [2.75, 3.05) is 34.4 Å². The van der Waals surface area contributed by atoms with Crippen molar-refractivity contribution in [3.8, 4) is 0 Å². The quantitative estimate of drug-likeness (QED) is 0.676. The summed E-state index contributed by atoms with van der Waals surface area (Å²) in [5.74, 6) is -1.44. The normalized spacial score (nSPS) is 13.3. The van der Waals surface area contributed by atoms with Gasteiger partial charge in [0.1, 0.15) is 29.4 Å². The van der Waals surface area contributed by atoms with Crippen molar-refractivity contribution in [3.63, 3.8) is 0 Å². The van der Waals surface area contributed by atoms with E-state index in [1.54, 1.807) is 18.1 Å². The van der Waals surface area contributed by atoms with Gasteiger partial charge in [0.05, 0.1) is 0 Å². The number of carbonyl (C=O) groups excluding carboxylic acids is 3. The van der Waals surface area contributed by atoms with Gasteiger partial charge < -0.3 is 14.5 Å². The average Bonchev–Trinajstić information content (AvgIpc) is 2.74. The van der Waals surface area contributed by atoms with Crippen LogP contribution in [0.4, 0.5) is 0 Å². The first kappa shape index (κ1) is 20.3. The molecule has 3 rings (SSSR count). The number of nitrogens with zero attached hydrogens (tertiary/aromatic N) is 5. The standard InChI is InChI=1S/C20H21N5O4/c1-24(11-7-13-6-4-5-8-21-13)17-18(25(2)14(26)12-29-3)20(28)16-15(19(17)27)22-9-10-23-16/h4-6,8-10H,7,11-12H2,1-3H3. The van der Waals surface area contributed by atoms with Crippen molar-refractivity contribution in [2.24, 2.45) is 0 Å². The second kappa shape index (κ2) is 8.70. The first-order valence-corrected chi connectivity index (χ1v) is 8.97. The lowest BCUT2D eigenvalue weighted by molar-refractivity contribution is -0.131. The Labute approximate surface area is 168 Å². The SMILES string of the molecule is COCC(=O)N(C)C1=C(N(C)CCc2ccccn2)C(=O)c2nccnc2C1=O. The highest BCUT2D eigenvalue weighted by Crippen LogP contribution is 2.27. The molecule has 2 aromatic rings. The smallest absolute Gasteiger partial charge is 0.252 e. The molecule has 0 fully saturated rings. The van der Waals surface area contributed by atoms with Gasteiger partial charge in [-0.25, -0.2) is 9.97 Å². The van der Waals surface area contributed by atoms with Gasteiger partial charge in [-0.05, 0) is 12.1 Å². The molecule has 1 aliphatic rings. The highest BCUT2D eigenvalue weighted by molar-refractivity contribution is 6.25. The maximum Gasteiger partial charge on any atom is 0.252 e. The van der Waals surface area contributed by atoms with Crippen LogP contribution < -0.4 is 0 Å². The Bertz CT molecular complexity index is 974. The zero-order chi connectivity index (χ0) is 21.0. The number of methoxy groups -OCH3 is 1. The van der Waals surface area contributed by atoms with E-state index < -0.39 is 17.5 Å². The molecule has 0 unspecified atom stereocenters. The summed E-state index contributed by atoms with van der Waals surface area (Å²) in [6.45, 7) is 0.191. The van der Waals surface area contributed by atoms with E-state index in [0.29, 0.717) is 13.0 Å². The highest BCUT2D eigenvalue weighted by Gasteiger charge is 2.39. The number of Topliss-reactive ketones (excluding diaryl/α,β-unsaturated/α-hetero) is 2. The number of fused-ring (bicyclic) bond motifs is 1. The average molecular weight is 395 g/mol. The molecular weight excluding hydrogens is 374 g/mol. The van der Waals surface area contributed by atoms with E-state index >= 15 is 0 Å². The number of ketones is 2. The van der Waals surface area contributed by atoms with E-state index in [1.807, 2.05) is 18.2 Å². The number of allylic oxidation sites excluding steroid dienone is 2. The maximum absolute atomic E-state index is 13.2. The Balaban J connectivity index is 2.00.